The summed E-state index contributed by atoms with van der Waals surface area (Å²) in [6, 6.07) is 8.54. The zero-order chi connectivity index (χ0) is 21.0. The van der Waals surface area contributed by atoms with Gasteiger partial charge in [0.05, 0.1) is 18.3 Å². The maximum absolute atomic E-state index is 5.76. The molecule has 1 aromatic carbocycles. The molecule has 0 spiro atoms. The summed E-state index contributed by atoms with van der Waals surface area (Å²) < 4.78 is 5.76. The molecule has 2 aliphatic heterocycles. The van der Waals surface area contributed by atoms with Gasteiger partial charge in [0.1, 0.15) is 12.5 Å². The Hall–Kier alpha value is -2.72. The molecule has 0 aromatic heterocycles. The third-order valence-corrected chi connectivity index (χ3v) is 5.71. The minimum atomic E-state index is 0.0209. The summed E-state index contributed by atoms with van der Waals surface area (Å²) in [7, 11) is 1.85. The van der Waals surface area contributed by atoms with Crippen LogP contribution in [0.1, 0.15) is 43.7 Å². The third kappa shape index (κ3) is 4.33. The molecule has 2 atom stereocenters. The van der Waals surface area contributed by atoms with Crippen LogP contribution >= 0.6 is 0 Å². The van der Waals surface area contributed by atoms with Gasteiger partial charge in [0.15, 0.2) is 0 Å². The van der Waals surface area contributed by atoms with Crippen molar-refractivity contribution in [2.45, 2.75) is 38.6 Å². The number of nitrogens with zero attached hydrogens (tertiary/aromatic N) is 2. The molecule has 0 aliphatic carbocycles. The minimum Gasteiger partial charge on any atom is -0.478 e. The van der Waals surface area contributed by atoms with Gasteiger partial charge >= 0.3 is 0 Å². The van der Waals surface area contributed by atoms with Crippen LogP contribution in [0.4, 0.5) is 0 Å². The first-order chi connectivity index (χ1) is 14.0. The summed E-state index contributed by atoms with van der Waals surface area (Å²) in [5.41, 5.74) is 7.68. The van der Waals surface area contributed by atoms with Gasteiger partial charge in [0.25, 0.3) is 0 Å². The fraction of sp³-hybridized carbons (Fsp3) is 0.360. The van der Waals surface area contributed by atoms with Crippen molar-refractivity contribution >= 4 is 11.4 Å². The van der Waals surface area contributed by atoms with E-state index in [-0.39, 0.29) is 12.0 Å². The van der Waals surface area contributed by atoms with Crippen molar-refractivity contribution in [2.75, 3.05) is 20.3 Å². The van der Waals surface area contributed by atoms with Gasteiger partial charge in [-0.25, -0.2) is 0 Å². The van der Waals surface area contributed by atoms with E-state index < -0.39 is 0 Å². The predicted octanol–water partition coefficient (Wildman–Crippen LogP) is 4.96. The Labute approximate surface area is 174 Å². The summed E-state index contributed by atoms with van der Waals surface area (Å²) >= 11 is 0. The number of nitrogens with one attached hydrogen (secondary N) is 1. The van der Waals surface area contributed by atoms with E-state index in [1.54, 1.807) is 0 Å². The highest BCUT2D eigenvalue weighted by atomic mass is 16.5. The lowest BCUT2D eigenvalue weighted by atomic mass is 9.77. The largest absolute Gasteiger partial charge is 0.478 e. The van der Waals surface area contributed by atoms with Crippen LogP contribution in [0.5, 0.6) is 0 Å². The molecule has 0 fully saturated rings. The quantitative estimate of drug-likeness (QED) is 0.439. The number of ether oxygens (including phenoxy) is 1. The number of hydrogen-bond donors (Lipinski definition) is 1. The number of aliphatic imine (C=N–C) groups is 2. The van der Waals surface area contributed by atoms with Crippen LogP contribution in [-0.4, -0.2) is 37.8 Å². The molecule has 2 unspecified atom stereocenters. The van der Waals surface area contributed by atoms with Crippen molar-refractivity contribution in [3.63, 3.8) is 0 Å². The summed E-state index contributed by atoms with van der Waals surface area (Å²) in [5, 5.41) is 3.00. The summed E-state index contributed by atoms with van der Waals surface area (Å²) in [6.45, 7) is 17.6. The van der Waals surface area contributed by atoms with Gasteiger partial charge in [-0.15, -0.1) is 0 Å². The van der Waals surface area contributed by atoms with Crippen LogP contribution in [0, 0.1) is 0 Å². The second-order valence-corrected chi connectivity index (χ2v) is 7.68. The topological polar surface area (TPSA) is 46.0 Å². The fourth-order valence-electron chi connectivity index (χ4n) is 4.25. The molecular weight excluding hydrogens is 358 g/mol. The average molecular weight is 390 g/mol. The van der Waals surface area contributed by atoms with E-state index in [1.807, 2.05) is 20.0 Å². The molecule has 4 nitrogen and oxygen atoms in total. The third-order valence-electron chi connectivity index (χ3n) is 5.71. The van der Waals surface area contributed by atoms with Crippen LogP contribution in [0.15, 0.2) is 82.5 Å². The SMILES string of the molecule is C=CC1=NC2C(=C)CN=C(C)/C(C(=C)OCNC)=C(/C)CCC2c2ccccc21. The number of benzene rings is 1. The highest BCUT2D eigenvalue weighted by molar-refractivity contribution is 6.10. The van der Waals surface area contributed by atoms with Crippen molar-refractivity contribution in [1.29, 1.82) is 0 Å². The van der Waals surface area contributed by atoms with Gasteiger partial charge in [0.2, 0.25) is 0 Å². The van der Waals surface area contributed by atoms with E-state index in [2.05, 4.69) is 56.2 Å². The van der Waals surface area contributed by atoms with E-state index in [9.17, 15) is 0 Å². The van der Waals surface area contributed by atoms with Crippen molar-refractivity contribution in [2.24, 2.45) is 9.98 Å². The van der Waals surface area contributed by atoms with E-state index >= 15 is 0 Å². The van der Waals surface area contributed by atoms with Gasteiger partial charge in [0, 0.05) is 22.8 Å². The van der Waals surface area contributed by atoms with Gasteiger partial charge in [-0.1, -0.05) is 49.6 Å². The first-order valence-corrected chi connectivity index (χ1v) is 10.1. The molecule has 0 saturated carbocycles. The molecule has 29 heavy (non-hydrogen) atoms. The normalized spacial score (nSPS) is 24.6. The highest BCUT2D eigenvalue weighted by Crippen LogP contribution is 2.39. The highest BCUT2D eigenvalue weighted by Gasteiger charge is 2.32. The zero-order valence-electron chi connectivity index (χ0n) is 17.8. The average Bonchev–Trinajstić information content (AvgIpc) is 2.73. The Balaban J connectivity index is 2.02. The van der Waals surface area contributed by atoms with E-state index in [1.165, 1.54) is 16.7 Å². The van der Waals surface area contributed by atoms with Crippen LogP contribution in [0.25, 0.3) is 0 Å². The summed E-state index contributed by atoms with van der Waals surface area (Å²) in [5.74, 6) is 0.940. The van der Waals surface area contributed by atoms with Crippen molar-refractivity contribution in [1.82, 2.24) is 5.32 Å². The van der Waals surface area contributed by atoms with Crippen LogP contribution in [-0.2, 0) is 4.74 Å². The second kappa shape index (κ2) is 9.19. The summed E-state index contributed by atoms with van der Waals surface area (Å²) in [6.07, 6.45) is 3.75. The standard InChI is InChI=1S/C25H31N3O/c1-7-23-21-11-9-8-10-20(21)22-13-12-16(2)24(19(5)29-15-26-6)18(4)27-14-17(3)25(22)28-23/h7-11,22,25-26H,1,3,5,12-15H2,2,4,6H3/b24-16+,27-18?. The lowest BCUT2D eigenvalue weighted by Gasteiger charge is -2.33. The molecule has 1 N–H and O–H groups in total. The molecule has 0 saturated heterocycles. The second-order valence-electron chi connectivity index (χ2n) is 7.68. The Morgan fingerprint density at radius 1 is 1.31 bits per heavy atom. The van der Waals surface area contributed by atoms with Gasteiger partial charge in [-0.3, -0.25) is 15.3 Å². The molecule has 4 heteroatoms. The Bertz CT molecular complexity index is 920. The molecule has 0 radical (unpaired) electrons. The molecule has 3 rings (SSSR count). The molecular formula is C25H31N3O. The van der Waals surface area contributed by atoms with Crippen molar-refractivity contribution < 1.29 is 4.74 Å². The zero-order valence-corrected chi connectivity index (χ0v) is 17.8. The maximum atomic E-state index is 5.76. The monoisotopic (exact) mass is 389 g/mol. The molecule has 152 valence electrons. The Morgan fingerprint density at radius 3 is 2.79 bits per heavy atom. The fourth-order valence-corrected chi connectivity index (χ4v) is 4.25. The lowest BCUT2D eigenvalue weighted by Crippen LogP contribution is -2.29. The summed E-state index contributed by atoms with van der Waals surface area (Å²) in [4.78, 5) is 9.85. The van der Waals surface area contributed by atoms with E-state index in [0.29, 0.717) is 19.0 Å². The number of hydrogen-bond acceptors (Lipinski definition) is 4. The van der Waals surface area contributed by atoms with Gasteiger partial charge in [-0.05, 0) is 50.9 Å². The van der Waals surface area contributed by atoms with E-state index in [0.717, 1.165) is 35.4 Å². The molecule has 2 heterocycles. The number of rotatable bonds is 5. The number of allylic oxidation sites excluding steroid dienone is 3. The Kier molecular flexibility index (Phi) is 6.65. The van der Waals surface area contributed by atoms with Crippen molar-refractivity contribution in [3.05, 3.63) is 83.7 Å². The lowest BCUT2D eigenvalue weighted by molar-refractivity contribution is 0.206. The van der Waals surface area contributed by atoms with Crippen LogP contribution in [0.2, 0.25) is 0 Å². The molecule has 0 bridgehead atoms. The van der Waals surface area contributed by atoms with Crippen LogP contribution < -0.4 is 5.32 Å². The first-order valence-electron chi connectivity index (χ1n) is 10.1. The molecule has 2 aliphatic rings. The Morgan fingerprint density at radius 2 is 2.07 bits per heavy atom. The predicted molar refractivity (Wildman–Crippen MR) is 123 cm³/mol. The number of fused-ring (bicyclic) bond motifs is 3. The minimum absolute atomic E-state index is 0.0209. The smallest absolute Gasteiger partial charge is 0.139 e. The molecule has 0 amide bonds. The van der Waals surface area contributed by atoms with Gasteiger partial charge < -0.3 is 4.74 Å². The van der Waals surface area contributed by atoms with Gasteiger partial charge in [-0.2, -0.15) is 0 Å². The van der Waals surface area contributed by atoms with Crippen molar-refractivity contribution in [3.8, 4) is 0 Å². The first kappa shape index (κ1) is 21.0. The van der Waals surface area contributed by atoms with Crippen LogP contribution in [0.3, 0.4) is 0 Å². The van der Waals surface area contributed by atoms with E-state index in [4.69, 9.17) is 14.7 Å². The molecule has 1 aromatic rings. The maximum Gasteiger partial charge on any atom is 0.139 e.